The summed E-state index contributed by atoms with van der Waals surface area (Å²) in [5.41, 5.74) is 3.13. The molecule has 2 atom stereocenters. The molecule has 2 aliphatic heterocycles. The minimum absolute atomic E-state index is 0.0623. The number of rotatable bonds is 0. The number of hydrogen-bond donors (Lipinski definition) is 1. The number of anilines is 2. The minimum atomic E-state index is -0.0623. The highest BCUT2D eigenvalue weighted by molar-refractivity contribution is 5.98. The first-order valence-electron chi connectivity index (χ1n) is 5.89. The van der Waals surface area contributed by atoms with Gasteiger partial charge in [-0.3, -0.25) is 4.79 Å². The van der Waals surface area contributed by atoms with Crippen LogP contribution in [0.1, 0.15) is 5.56 Å². The largest absolute Gasteiger partial charge is 0.378 e. The lowest BCUT2D eigenvalue weighted by Gasteiger charge is -2.26. The number of aryl methyl sites for hydroxylation is 1. The van der Waals surface area contributed by atoms with Gasteiger partial charge in [0.05, 0.1) is 36.5 Å². The first-order chi connectivity index (χ1) is 8.16. The summed E-state index contributed by atoms with van der Waals surface area (Å²) >= 11 is 0. The van der Waals surface area contributed by atoms with E-state index in [9.17, 15) is 4.79 Å². The van der Waals surface area contributed by atoms with Crippen LogP contribution in [0.4, 0.5) is 11.4 Å². The fourth-order valence-electron chi connectivity index (χ4n) is 2.64. The van der Waals surface area contributed by atoms with E-state index in [2.05, 4.69) is 22.3 Å². The Hall–Kier alpha value is -1.55. The molecule has 1 saturated heterocycles. The molecule has 1 N–H and O–H groups in total. The normalized spacial score (nSPS) is 27.2. The van der Waals surface area contributed by atoms with Gasteiger partial charge >= 0.3 is 0 Å². The van der Waals surface area contributed by atoms with Crippen LogP contribution < -0.4 is 10.2 Å². The standard InChI is InChI=1S/C13H16N2O2/c1-8-3-4-11-10(5-8)14-13(16)9-6-17-7-12(9)15(11)2/h3-5,9,12H,6-7H2,1-2H3,(H,14,16). The monoisotopic (exact) mass is 232 g/mol. The molecule has 3 rings (SSSR count). The van der Waals surface area contributed by atoms with E-state index in [-0.39, 0.29) is 17.9 Å². The third-order valence-electron chi connectivity index (χ3n) is 3.67. The average Bonchev–Trinajstić information content (AvgIpc) is 2.74. The number of benzene rings is 1. The summed E-state index contributed by atoms with van der Waals surface area (Å²) in [5.74, 6) is 0.0106. The van der Waals surface area contributed by atoms with Gasteiger partial charge in [-0.15, -0.1) is 0 Å². The van der Waals surface area contributed by atoms with Crippen LogP contribution in [-0.4, -0.2) is 32.2 Å². The molecule has 1 aromatic rings. The third kappa shape index (κ3) is 1.60. The fourth-order valence-corrected chi connectivity index (χ4v) is 2.64. The summed E-state index contributed by atoms with van der Waals surface area (Å²) in [6, 6.07) is 6.30. The molecule has 17 heavy (non-hydrogen) atoms. The van der Waals surface area contributed by atoms with E-state index in [1.807, 2.05) is 20.0 Å². The Bertz CT molecular complexity index is 472. The molecule has 90 valence electrons. The van der Waals surface area contributed by atoms with Gasteiger partial charge in [-0.25, -0.2) is 0 Å². The number of fused-ring (bicyclic) bond motifs is 2. The van der Waals surface area contributed by atoms with Crippen molar-refractivity contribution in [1.82, 2.24) is 0 Å². The molecule has 0 aliphatic carbocycles. The maximum atomic E-state index is 12.1. The number of likely N-dealkylation sites (N-methyl/N-ethyl adjacent to an activating group) is 1. The first-order valence-corrected chi connectivity index (χ1v) is 5.89. The van der Waals surface area contributed by atoms with Crippen LogP contribution in [-0.2, 0) is 9.53 Å². The van der Waals surface area contributed by atoms with Crippen LogP contribution in [0, 0.1) is 12.8 Å². The van der Waals surface area contributed by atoms with Crippen molar-refractivity contribution < 1.29 is 9.53 Å². The van der Waals surface area contributed by atoms with Crippen molar-refractivity contribution in [2.24, 2.45) is 5.92 Å². The number of hydrogen-bond acceptors (Lipinski definition) is 3. The van der Waals surface area contributed by atoms with Gasteiger partial charge in [0, 0.05) is 7.05 Å². The zero-order valence-corrected chi connectivity index (χ0v) is 10.1. The lowest BCUT2D eigenvalue weighted by Crippen LogP contribution is -2.40. The van der Waals surface area contributed by atoms with E-state index in [1.165, 1.54) is 0 Å². The van der Waals surface area contributed by atoms with Gasteiger partial charge in [-0.2, -0.15) is 0 Å². The van der Waals surface area contributed by atoms with Crippen molar-refractivity contribution in [3.8, 4) is 0 Å². The Morgan fingerprint density at radius 3 is 3.06 bits per heavy atom. The molecule has 4 nitrogen and oxygen atoms in total. The minimum Gasteiger partial charge on any atom is -0.378 e. The molecule has 0 radical (unpaired) electrons. The second-order valence-electron chi connectivity index (χ2n) is 4.83. The van der Waals surface area contributed by atoms with E-state index < -0.39 is 0 Å². The van der Waals surface area contributed by atoms with E-state index in [0.29, 0.717) is 13.2 Å². The highest BCUT2D eigenvalue weighted by Gasteiger charge is 2.39. The van der Waals surface area contributed by atoms with Crippen LogP contribution in [0.15, 0.2) is 18.2 Å². The second kappa shape index (κ2) is 3.74. The molecule has 1 aromatic carbocycles. The molecule has 0 spiro atoms. The van der Waals surface area contributed by atoms with Crippen molar-refractivity contribution in [2.75, 3.05) is 30.5 Å². The molecule has 2 aliphatic rings. The molecular weight excluding hydrogens is 216 g/mol. The Balaban J connectivity index is 2.08. The topological polar surface area (TPSA) is 41.6 Å². The lowest BCUT2D eigenvalue weighted by molar-refractivity contribution is -0.120. The molecule has 2 heterocycles. The van der Waals surface area contributed by atoms with Crippen LogP contribution >= 0.6 is 0 Å². The molecule has 0 aromatic heterocycles. The van der Waals surface area contributed by atoms with Crippen molar-refractivity contribution in [2.45, 2.75) is 13.0 Å². The van der Waals surface area contributed by atoms with Crippen LogP contribution in [0.5, 0.6) is 0 Å². The number of amides is 1. The van der Waals surface area contributed by atoms with Gasteiger partial charge in [-0.05, 0) is 24.6 Å². The Kier molecular flexibility index (Phi) is 2.33. The molecule has 4 heteroatoms. The smallest absolute Gasteiger partial charge is 0.232 e. The zero-order valence-electron chi connectivity index (χ0n) is 10.1. The first kappa shape index (κ1) is 10.6. The average molecular weight is 232 g/mol. The number of carbonyl (C=O) groups excluding carboxylic acids is 1. The summed E-state index contributed by atoms with van der Waals surface area (Å²) in [7, 11) is 2.03. The van der Waals surface area contributed by atoms with E-state index in [4.69, 9.17) is 4.74 Å². The van der Waals surface area contributed by atoms with Gasteiger partial charge in [0.15, 0.2) is 0 Å². The van der Waals surface area contributed by atoms with Crippen LogP contribution in [0.3, 0.4) is 0 Å². The van der Waals surface area contributed by atoms with Gasteiger partial charge in [0.2, 0.25) is 5.91 Å². The Morgan fingerprint density at radius 2 is 2.24 bits per heavy atom. The number of nitrogens with zero attached hydrogens (tertiary/aromatic N) is 1. The highest BCUT2D eigenvalue weighted by Crippen LogP contribution is 2.35. The number of carbonyl (C=O) groups is 1. The molecular formula is C13H16N2O2. The van der Waals surface area contributed by atoms with Gasteiger partial charge < -0.3 is 15.0 Å². The van der Waals surface area contributed by atoms with Crippen LogP contribution in [0.25, 0.3) is 0 Å². The summed E-state index contributed by atoms with van der Waals surface area (Å²) < 4.78 is 5.42. The van der Waals surface area contributed by atoms with Crippen molar-refractivity contribution in [3.63, 3.8) is 0 Å². The van der Waals surface area contributed by atoms with Crippen molar-refractivity contribution in [3.05, 3.63) is 23.8 Å². The van der Waals surface area contributed by atoms with Crippen LogP contribution in [0.2, 0.25) is 0 Å². The zero-order chi connectivity index (χ0) is 12.0. The predicted molar refractivity (Wildman–Crippen MR) is 66.3 cm³/mol. The van der Waals surface area contributed by atoms with E-state index in [0.717, 1.165) is 16.9 Å². The third-order valence-corrected chi connectivity index (χ3v) is 3.67. The molecule has 2 unspecified atom stereocenters. The second-order valence-corrected chi connectivity index (χ2v) is 4.83. The van der Waals surface area contributed by atoms with Gasteiger partial charge in [0.25, 0.3) is 0 Å². The summed E-state index contributed by atoms with van der Waals surface area (Å²) in [6.45, 7) is 3.18. The van der Waals surface area contributed by atoms with Crippen molar-refractivity contribution >= 4 is 17.3 Å². The van der Waals surface area contributed by atoms with E-state index >= 15 is 0 Å². The number of nitrogens with one attached hydrogen (secondary N) is 1. The van der Waals surface area contributed by atoms with Gasteiger partial charge in [-0.1, -0.05) is 6.07 Å². The fraction of sp³-hybridized carbons (Fsp3) is 0.462. The van der Waals surface area contributed by atoms with Crippen molar-refractivity contribution in [1.29, 1.82) is 0 Å². The highest BCUT2D eigenvalue weighted by atomic mass is 16.5. The quantitative estimate of drug-likeness (QED) is 0.735. The molecule has 0 bridgehead atoms. The molecule has 1 fully saturated rings. The Labute approximate surface area is 101 Å². The predicted octanol–water partition coefficient (Wildman–Crippen LogP) is 1.40. The Morgan fingerprint density at radius 1 is 1.41 bits per heavy atom. The maximum Gasteiger partial charge on any atom is 0.232 e. The lowest BCUT2D eigenvalue weighted by atomic mass is 10.0. The van der Waals surface area contributed by atoms with Gasteiger partial charge in [0.1, 0.15) is 0 Å². The van der Waals surface area contributed by atoms with E-state index in [1.54, 1.807) is 0 Å². The number of ether oxygens (including phenoxy) is 1. The maximum absolute atomic E-state index is 12.1. The SMILES string of the molecule is Cc1ccc2c(c1)NC(=O)C1COCC1N2C. The summed E-state index contributed by atoms with van der Waals surface area (Å²) in [4.78, 5) is 14.3. The molecule has 1 amide bonds. The summed E-state index contributed by atoms with van der Waals surface area (Å²) in [5, 5.41) is 3.00. The summed E-state index contributed by atoms with van der Waals surface area (Å²) in [6.07, 6.45) is 0. The molecule has 0 saturated carbocycles.